The number of carbonyl (C=O) groups excluding carboxylic acids is 2. The van der Waals surface area contributed by atoms with Gasteiger partial charge in [0.1, 0.15) is 17.7 Å². The van der Waals surface area contributed by atoms with Gasteiger partial charge in [-0.2, -0.15) is 0 Å². The first-order chi connectivity index (χ1) is 9.51. The maximum Gasteiger partial charge on any atom is 0.328 e. The minimum absolute atomic E-state index is 0.295. The molecule has 1 fully saturated rings. The molecule has 0 unspecified atom stereocenters. The lowest BCUT2D eigenvalue weighted by Gasteiger charge is -2.16. The first kappa shape index (κ1) is 14.4. The fourth-order valence-corrected chi connectivity index (χ4v) is 1.95. The van der Waals surface area contributed by atoms with Crippen molar-refractivity contribution in [3.8, 4) is 0 Å². The third kappa shape index (κ3) is 3.53. The molecule has 1 aromatic rings. The molecule has 2 rings (SSSR count). The van der Waals surface area contributed by atoms with Crippen LogP contribution in [0.25, 0.3) is 0 Å². The van der Waals surface area contributed by atoms with Crippen LogP contribution in [0.1, 0.15) is 29.6 Å². The fourth-order valence-electron chi connectivity index (χ4n) is 1.95. The largest absolute Gasteiger partial charge is 0.467 e. The van der Waals surface area contributed by atoms with Crippen molar-refractivity contribution in [2.45, 2.75) is 25.3 Å². The molecule has 1 aliphatic carbocycles. The average Bonchev–Trinajstić information content (AvgIpc) is 3.20. The molecule has 1 saturated carbocycles. The van der Waals surface area contributed by atoms with E-state index >= 15 is 0 Å². The first-order valence-corrected chi connectivity index (χ1v) is 6.35. The highest BCUT2D eigenvalue weighted by molar-refractivity contribution is 5.97. The highest BCUT2D eigenvalue weighted by atomic mass is 19.1. The predicted octanol–water partition coefficient (Wildman–Crippen LogP) is 2.04. The normalized spacial score (nSPS) is 15.6. The summed E-state index contributed by atoms with van der Waals surface area (Å²) in [7, 11) is 1.23. The summed E-state index contributed by atoms with van der Waals surface area (Å²) < 4.78 is 30.9. The van der Waals surface area contributed by atoms with Gasteiger partial charge in [0, 0.05) is 6.07 Å². The molecular formula is C14H15F2NO3. The van der Waals surface area contributed by atoms with Gasteiger partial charge in [-0.3, -0.25) is 4.79 Å². The van der Waals surface area contributed by atoms with Crippen molar-refractivity contribution >= 4 is 11.9 Å². The Bertz CT molecular complexity index is 529. The summed E-state index contributed by atoms with van der Waals surface area (Å²) in [6, 6.07) is 1.87. The molecule has 6 heteroatoms. The lowest BCUT2D eigenvalue weighted by atomic mass is 10.1. The second kappa shape index (κ2) is 5.98. The summed E-state index contributed by atoms with van der Waals surface area (Å²) in [6.07, 6.45) is 2.49. The van der Waals surface area contributed by atoms with Crippen LogP contribution in [0.2, 0.25) is 0 Å². The molecule has 20 heavy (non-hydrogen) atoms. The number of hydrogen-bond acceptors (Lipinski definition) is 3. The smallest absolute Gasteiger partial charge is 0.328 e. The first-order valence-electron chi connectivity index (χ1n) is 6.35. The maximum absolute atomic E-state index is 13.5. The van der Waals surface area contributed by atoms with Crippen molar-refractivity contribution in [1.82, 2.24) is 5.32 Å². The van der Waals surface area contributed by atoms with Crippen molar-refractivity contribution < 1.29 is 23.1 Å². The third-order valence-corrected chi connectivity index (χ3v) is 3.23. The maximum atomic E-state index is 13.5. The lowest BCUT2D eigenvalue weighted by Crippen LogP contribution is -2.42. The van der Waals surface area contributed by atoms with E-state index in [-0.39, 0.29) is 5.56 Å². The molecule has 1 atom stereocenters. The number of hydrogen-bond donors (Lipinski definition) is 1. The zero-order valence-corrected chi connectivity index (χ0v) is 11.0. The van der Waals surface area contributed by atoms with Crippen LogP contribution < -0.4 is 5.32 Å². The van der Waals surface area contributed by atoms with Crippen LogP contribution >= 0.6 is 0 Å². The van der Waals surface area contributed by atoms with E-state index < -0.39 is 29.6 Å². The Morgan fingerprint density at radius 2 is 2.10 bits per heavy atom. The van der Waals surface area contributed by atoms with Gasteiger partial charge in [0.25, 0.3) is 5.91 Å². The van der Waals surface area contributed by atoms with E-state index in [9.17, 15) is 18.4 Å². The number of benzene rings is 1. The summed E-state index contributed by atoms with van der Waals surface area (Å²) in [5, 5.41) is 2.44. The molecule has 1 N–H and O–H groups in total. The predicted molar refractivity (Wildman–Crippen MR) is 67.0 cm³/mol. The Morgan fingerprint density at radius 1 is 1.40 bits per heavy atom. The van der Waals surface area contributed by atoms with Crippen molar-refractivity contribution in [3.63, 3.8) is 0 Å². The molecule has 4 nitrogen and oxygen atoms in total. The van der Waals surface area contributed by atoms with E-state index in [1.807, 2.05) is 0 Å². The summed E-state index contributed by atoms with van der Waals surface area (Å²) in [6.45, 7) is 0. The molecule has 0 saturated heterocycles. The van der Waals surface area contributed by atoms with Gasteiger partial charge in [-0.05, 0) is 24.5 Å². The summed E-state index contributed by atoms with van der Waals surface area (Å²) in [5.74, 6) is -2.65. The highest BCUT2D eigenvalue weighted by Crippen LogP contribution is 2.33. The lowest BCUT2D eigenvalue weighted by molar-refractivity contribution is -0.143. The SMILES string of the molecule is COC(=O)[C@H](CC1CC1)NC(=O)c1ccc(F)cc1F. The van der Waals surface area contributed by atoms with Crippen molar-refractivity contribution in [3.05, 3.63) is 35.4 Å². The monoisotopic (exact) mass is 283 g/mol. The molecule has 0 spiro atoms. The van der Waals surface area contributed by atoms with Crippen LogP contribution in [0.3, 0.4) is 0 Å². The van der Waals surface area contributed by atoms with E-state index in [0.717, 1.165) is 25.0 Å². The number of halogens is 2. The summed E-state index contributed by atoms with van der Waals surface area (Å²) >= 11 is 0. The van der Waals surface area contributed by atoms with Crippen molar-refractivity contribution in [2.75, 3.05) is 7.11 Å². The molecule has 0 heterocycles. The molecule has 108 valence electrons. The van der Waals surface area contributed by atoms with Crippen LogP contribution in [-0.4, -0.2) is 25.0 Å². The number of ether oxygens (including phenoxy) is 1. The van der Waals surface area contributed by atoms with E-state index in [4.69, 9.17) is 0 Å². The number of amides is 1. The van der Waals surface area contributed by atoms with E-state index in [1.165, 1.54) is 7.11 Å². The summed E-state index contributed by atoms with van der Waals surface area (Å²) in [4.78, 5) is 23.5. The quantitative estimate of drug-likeness (QED) is 0.841. The minimum atomic E-state index is -0.961. The van der Waals surface area contributed by atoms with E-state index in [2.05, 4.69) is 10.1 Å². The van der Waals surface area contributed by atoms with Gasteiger partial charge in [0.15, 0.2) is 0 Å². The molecule has 0 aromatic heterocycles. The highest BCUT2D eigenvalue weighted by Gasteiger charge is 2.31. The second-order valence-corrected chi connectivity index (χ2v) is 4.85. The standard InChI is InChI=1S/C14H15F2NO3/c1-20-14(19)12(6-8-2-3-8)17-13(18)10-5-4-9(15)7-11(10)16/h4-5,7-8,12H,2-3,6H2,1H3,(H,17,18)/t12-/m0/s1. The molecule has 1 aromatic carbocycles. The summed E-state index contributed by atoms with van der Waals surface area (Å²) in [5.41, 5.74) is -0.295. The van der Waals surface area contributed by atoms with Gasteiger partial charge in [-0.15, -0.1) is 0 Å². The molecule has 0 bridgehead atoms. The molecular weight excluding hydrogens is 268 g/mol. The van der Waals surface area contributed by atoms with Gasteiger partial charge in [-0.25, -0.2) is 13.6 Å². The van der Waals surface area contributed by atoms with Crippen LogP contribution in [0.15, 0.2) is 18.2 Å². The average molecular weight is 283 g/mol. The van der Waals surface area contributed by atoms with Crippen LogP contribution in [0.4, 0.5) is 8.78 Å². The van der Waals surface area contributed by atoms with Crippen LogP contribution in [-0.2, 0) is 9.53 Å². The van der Waals surface area contributed by atoms with E-state index in [0.29, 0.717) is 18.4 Å². The zero-order chi connectivity index (χ0) is 14.7. The Hall–Kier alpha value is -1.98. The van der Waals surface area contributed by atoms with Gasteiger partial charge < -0.3 is 10.1 Å². The molecule has 1 aliphatic rings. The molecule has 0 radical (unpaired) electrons. The van der Waals surface area contributed by atoms with Crippen LogP contribution in [0, 0.1) is 17.6 Å². The number of esters is 1. The van der Waals surface area contributed by atoms with Crippen molar-refractivity contribution in [2.24, 2.45) is 5.92 Å². The Balaban J connectivity index is 2.08. The minimum Gasteiger partial charge on any atom is -0.467 e. The van der Waals surface area contributed by atoms with Gasteiger partial charge in [-0.1, -0.05) is 12.8 Å². The number of nitrogens with one attached hydrogen (secondary N) is 1. The Kier molecular flexibility index (Phi) is 4.32. The number of rotatable bonds is 5. The van der Waals surface area contributed by atoms with Gasteiger partial charge in [0.2, 0.25) is 0 Å². The number of carbonyl (C=O) groups is 2. The second-order valence-electron chi connectivity index (χ2n) is 4.85. The van der Waals surface area contributed by atoms with Gasteiger partial charge in [0.05, 0.1) is 12.7 Å². The zero-order valence-electron chi connectivity index (χ0n) is 11.0. The van der Waals surface area contributed by atoms with E-state index in [1.54, 1.807) is 0 Å². The topological polar surface area (TPSA) is 55.4 Å². The third-order valence-electron chi connectivity index (χ3n) is 3.23. The van der Waals surface area contributed by atoms with Crippen molar-refractivity contribution in [1.29, 1.82) is 0 Å². The molecule has 1 amide bonds. The fraction of sp³-hybridized carbons (Fsp3) is 0.429. The Labute approximate surface area is 115 Å². The Morgan fingerprint density at radius 3 is 2.65 bits per heavy atom. The van der Waals surface area contributed by atoms with Gasteiger partial charge >= 0.3 is 5.97 Å². The molecule has 0 aliphatic heterocycles. The van der Waals surface area contributed by atoms with Crippen LogP contribution in [0.5, 0.6) is 0 Å². The number of methoxy groups -OCH3 is 1.